The molecule has 3 heterocycles. The molecule has 126 valence electrons. The number of aryl methyl sites for hydroxylation is 1. The zero-order chi connectivity index (χ0) is 16.8. The van der Waals surface area contributed by atoms with Crippen LogP contribution in [0.5, 0.6) is 23.0 Å². The molecule has 5 rings (SSSR count). The standard InChI is InChI=1S/C20H17NO4/c1-2-3-12-7-18-19(24-10-23-18)8-14(12)16-6-13-4-5-17-20(25-11-22-17)15(13)9-21-16/h4-9H,2-3,10-11H2,1H3. The molecule has 0 unspecified atom stereocenters. The van der Waals surface area contributed by atoms with Crippen LogP contribution in [0, 0.1) is 0 Å². The molecule has 2 aliphatic rings. The Balaban J connectivity index is 1.67. The first-order chi connectivity index (χ1) is 12.3. The van der Waals surface area contributed by atoms with Gasteiger partial charge in [-0.25, -0.2) is 0 Å². The first kappa shape index (κ1) is 14.4. The summed E-state index contributed by atoms with van der Waals surface area (Å²) >= 11 is 0. The van der Waals surface area contributed by atoms with Gasteiger partial charge in [-0.05, 0) is 41.6 Å². The number of aromatic nitrogens is 1. The molecule has 0 atom stereocenters. The van der Waals surface area contributed by atoms with Gasteiger partial charge >= 0.3 is 0 Å². The van der Waals surface area contributed by atoms with Crippen molar-refractivity contribution >= 4 is 10.8 Å². The van der Waals surface area contributed by atoms with E-state index in [9.17, 15) is 0 Å². The van der Waals surface area contributed by atoms with Crippen LogP contribution in [0.15, 0.2) is 36.5 Å². The van der Waals surface area contributed by atoms with Gasteiger partial charge in [0.05, 0.1) is 5.69 Å². The van der Waals surface area contributed by atoms with Crippen molar-refractivity contribution in [3.05, 3.63) is 42.1 Å². The molecule has 0 spiro atoms. The third-order valence-corrected chi connectivity index (χ3v) is 4.63. The van der Waals surface area contributed by atoms with Crippen LogP contribution in [0.4, 0.5) is 0 Å². The summed E-state index contributed by atoms with van der Waals surface area (Å²) in [5.74, 6) is 3.15. The highest BCUT2D eigenvalue weighted by Gasteiger charge is 2.20. The second kappa shape index (κ2) is 5.55. The Morgan fingerprint density at radius 3 is 2.60 bits per heavy atom. The van der Waals surface area contributed by atoms with Crippen molar-refractivity contribution in [1.29, 1.82) is 0 Å². The van der Waals surface area contributed by atoms with E-state index in [1.54, 1.807) is 0 Å². The highest BCUT2D eigenvalue weighted by Crippen LogP contribution is 2.42. The van der Waals surface area contributed by atoms with Crippen molar-refractivity contribution < 1.29 is 18.9 Å². The molecule has 0 saturated heterocycles. The molecular weight excluding hydrogens is 318 g/mol. The summed E-state index contributed by atoms with van der Waals surface area (Å²) < 4.78 is 22.1. The summed E-state index contributed by atoms with van der Waals surface area (Å²) in [6.07, 6.45) is 3.88. The van der Waals surface area contributed by atoms with Crippen LogP contribution in [0.3, 0.4) is 0 Å². The first-order valence-corrected chi connectivity index (χ1v) is 8.45. The van der Waals surface area contributed by atoms with Gasteiger partial charge in [0, 0.05) is 17.1 Å². The zero-order valence-electron chi connectivity index (χ0n) is 13.9. The molecule has 5 nitrogen and oxygen atoms in total. The molecule has 0 bridgehead atoms. The average Bonchev–Trinajstić information content (AvgIpc) is 3.29. The normalized spacial score (nSPS) is 14.3. The molecule has 0 saturated carbocycles. The number of nitrogens with zero attached hydrogens (tertiary/aromatic N) is 1. The van der Waals surface area contributed by atoms with Gasteiger partial charge in [0.15, 0.2) is 23.0 Å². The second-order valence-corrected chi connectivity index (χ2v) is 6.20. The summed E-state index contributed by atoms with van der Waals surface area (Å²) in [6, 6.07) is 10.2. The van der Waals surface area contributed by atoms with Gasteiger partial charge < -0.3 is 18.9 Å². The summed E-state index contributed by atoms with van der Waals surface area (Å²) in [4.78, 5) is 4.69. The molecule has 3 aromatic rings. The molecule has 1 aromatic heterocycles. The molecular formula is C20H17NO4. The highest BCUT2D eigenvalue weighted by atomic mass is 16.7. The van der Waals surface area contributed by atoms with Gasteiger partial charge in [0.1, 0.15) is 0 Å². The van der Waals surface area contributed by atoms with Crippen molar-refractivity contribution in [1.82, 2.24) is 4.98 Å². The van der Waals surface area contributed by atoms with Gasteiger partial charge in [-0.2, -0.15) is 0 Å². The maximum absolute atomic E-state index is 5.58. The first-order valence-electron chi connectivity index (χ1n) is 8.45. The van der Waals surface area contributed by atoms with Crippen LogP contribution in [0.25, 0.3) is 22.0 Å². The van der Waals surface area contributed by atoms with Crippen molar-refractivity contribution in [3.8, 4) is 34.3 Å². The predicted octanol–water partition coefficient (Wildman–Crippen LogP) is 4.31. The van der Waals surface area contributed by atoms with E-state index in [1.807, 2.05) is 24.4 Å². The lowest BCUT2D eigenvalue weighted by molar-refractivity contribution is 0.174. The molecule has 2 aliphatic heterocycles. The van der Waals surface area contributed by atoms with E-state index in [-0.39, 0.29) is 13.6 Å². The molecule has 0 radical (unpaired) electrons. The molecule has 0 fully saturated rings. The van der Waals surface area contributed by atoms with E-state index in [0.717, 1.165) is 57.9 Å². The number of ether oxygens (including phenoxy) is 4. The van der Waals surface area contributed by atoms with Gasteiger partial charge in [-0.3, -0.25) is 4.98 Å². The number of hydrogen-bond acceptors (Lipinski definition) is 5. The van der Waals surface area contributed by atoms with Gasteiger partial charge in [0.2, 0.25) is 13.6 Å². The van der Waals surface area contributed by atoms with Gasteiger partial charge in [-0.1, -0.05) is 19.4 Å². The molecule has 0 N–H and O–H groups in total. The Morgan fingerprint density at radius 2 is 1.72 bits per heavy atom. The molecule has 2 aromatic carbocycles. The van der Waals surface area contributed by atoms with Crippen LogP contribution in [-0.2, 0) is 6.42 Å². The SMILES string of the molecule is CCCc1cc2c(cc1-c1cc3ccc4c(c3cn1)OCO4)OCO2. The number of hydrogen-bond donors (Lipinski definition) is 0. The molecule has 0 amide bonds. The quantitative estimate of drug-likeness (QED) is 0.714. The number of rotatable bonds is 3. The highest BCUT2D eigenvalue weighted by molar-refractivity contribution is 5.93. The minimum absolute atomic E-state index is 0.263. The van der Waals surface area contributed by atoms with Crippen LogP contribution in [-0.4, -0.2) is 18.6 Å². The minimum atomic E-state index is 0.263. The third-order valence-electron chi connectivity index (χ3n) is 4.63. The number of benzene rings is 2. The van der Waals surface area contributed by atoms with E-state index < -0.39 is 0 Å². The second-order valence-electron chi connectivity index (χ2n) is 6.20. The van der Waals surface area contributed by atoms with Crippen LogP contribution >= 0.6 is 0 Å². The Hall–Kier alpha value is -2.95. The fourth-order valence-corrected chi connectivity index (χ4v) is 3.43. The Bertz CT molecular complexity index is 983. The minimum Gasteiger partial charge on any atom is -0.454 e. The molecule has 0 aliphatic carbocycles. The Kier molecular flexibility index (Phi) is 3.20. The molecule has 25 heavy (non-hydrogen) atoms. The average molecular weight is 335 g/mol. The lowest BCUT2D eigenvalue weighted by Gasteiger charge is -2.11. The maximum Gasteiger partial charge on any atom is 0.231 e. The van der Waals surface area contributed by atoms with E-state index >= 15 is 0 Å². The van der Waals surface area contributed by atoms with E-state index in [2.05, 4.69) is 19.1 Å². The van der Waals surface area contributed by atoms with Crippen molar-refractivity contribution in [3.63, 3.8) is 0 Å². The topological polar surface area (TPSA) is 49.8 Å². The summed E-state index contributed by atoms with van der Waals surface area (Å²) in [5, 5.41) is 2.05. The summed E-state index contributed by atoms with van der Waals surface area (Å²) in [5.41, 5.74) is 3.23. The Morgan fingerprint density at radius 1 is 0.920 bits per heavy atom. The summed E-state index contributed by atoms with van der Waals surface area (Å²) in [6.45, 7) is 2.71. The molecule has 5 heteroatoms. The number of fused-ring (bicyclic) bond motifs is 4. The Labute approximate surface area is 145 Å². The van der Waals surface area contributed by atoms with Gasteiger partial charge in [0.25, 0.3) is 0 Å². The van der Waals surface area contributed by atoms with Crippen LogP contribution < -0.4 is 18.9 Å². The monoisotopic (exact) mass is 335 g/mol. The van der Waals surface area contributed by atoms with Crippen LogP contribution in [0.2, 0.25) is 0 Å². The van der Waals surface area contributed by atoms with E-state index in [0.29, 0.717) is 0 Å². The fourth-order valence-electron chi connectivity index (χ4n) is 3.43. The van der Waals surface area contributed by atoms with E-state index in [1.165, 1.54) is 5.56 Å². The zero-order valence-corrected chi connectivity index (χ0v) is 13.9. The van der Waals surface area contributed by atoms with Gasteiger partial charge in [-0.15, -0.1) is 0 Å². The van der Waals surface area contributed by atoms with Crippen molar-refractivity contribution in [2.75, 3.05) is 13.6 Å². The maximum atomic E-state index is 5.58. The lowest BCUT2D eigenvalue weighted by atomic mass is 9.98. The smallest absolute Gasteiger partial charge is 0.231 e. The lowest BCUT2D eigenvalue weighted by Crippen LogP contribution is -1.94. The van der Waals surface area contributed by atoms with E-state index in [4.69, 9.17) is 23.9 Å². The summed E-state index contributed by atoms with van der Waals surface area (Å²) in [7, 11) is 0. The third kappa shape index (κ3) is 2.27. The van der Waals surface area contributed by atoms with Crippen molar-refractivity contribution in [2.24, 2.45) is 0 Å². The fraction of sp³-hybridized carbons (Fsp3) is 0.250. The predicted molar refractivity (Wildman–Crippen MR) is 93.4 cm³/mol. The van der Waals surface area contributed by atoms with Crippen LogP contribution in [0.1, 0.15) is 18.9 Å². The largest absolute Gasteiger partial charge is 0.454 e. The number of pyridine rings is 1. The van der Waals surface area contributed by atoms with Crippen molar-refractivity contribution in [2.45, 2.75) is 19.8 Å².